The largest absolute Gasteiger partial charge is 0.345 e. The third kappa shape index (κ3) is 1.95. The summed E-state index contributed by atoms with van der Waals surface area (Å²) in [6.07, 6.45) is 1.83. The number of carbonyl (C=O) groups excluding carboxylic acids is 1. The number of hydrogen-bond donors (Lipinski definition) is 0. The molecule has 1 aliphatic heterocycles. The fourth-order valence-corrected chi connectivity index (χ4v) is 1.59. The van der Waals surface area contributed by atoms with Gasteiger partial charge in [0.25, 0.3) is 0 Å². The zero-order chi connectivity index (χ0) is 8.43. The van der Waals surface area contributed by atoms with Crippen molar-refractivity contribution in [2.75, 3.05) is 13.6 Å². The molecule has 64 valence electrons. The van der Waals surface area contributed by atoms with Crippen molar-refractivity contribution in [3.8, 4) is 0 Å². The molecule has 1 heterocycles. The topological polar surface area (TPSA) is 20.3 Å². The summed E-state index contributed by atoms with van der Waals surface area (Å²) in [5.41, 5.74) is 0. The minimum Gasteiger partial charge on any atom is -0.345 e. The lowest BCUT2D eigenvalue weighted by atomic mass is 9.88. The zero-order valence-electron chi connectivity index (χ0n) is 7.63. The van der Waals surface area contributed by atoms with Crippen LogP contribution in [0.2, 0.25) is 0 Å². The van der Waals surface area contributed by atoms with Gasteiger partial charge in [0.1, 0.15) is 0 Å². The first-order chi connectivity index (χ1) is 5.11. The van der Waals surface area contributed by atoms with E-state index in [4.69, 9.17) is 0 Å². The third-order valence-electron chi connectivity index (χ3n) is 2.61. The molecule has 0 N–H and O–H groups in total. The zero-order valence-corrected chi connectivity index (χ0v) is 7.63. The van der Waals surface area contributed by atoms with E-state index < -0.39 is 0 Å². The highest BCUT2D eigenvalue weighted by atomic mass is 16.2. The molecule has 0 unspecified atom stereocenters. The van der Waals surface area contributed by atoms with Gasteiger partial charge in [-0.15, -0.1) is 0 Å². The number of nitrogens with zero attached hydrogens (tertiary/aromatic N) is 1. The van der Waals surface area contributed by atoms with Crippen molar-refractivity contribution < 1.29 is 4.79 Å². The molecular formula is C9H17NO. The Morgan fingerprint density at radius 2 is 2.18 bits per heavy atom. The van der Waals surface area contributed by atoms with Gasteiger partial charge >= 0.3 is 0 Å². The molecule has 1 amide bonds. The lowest BCUT2D eigenvalue weighted by Gasteiger charge is -2.31. The van der Waals surface area contributed by atoms with Gasteiger partial charge in [0.2, 0.25) is 5.91 Å². The van der Waals surface area contributed by atoms with E-state index in [1.165, 1.54) is 0 Å². The summed E-state index contributed by atoms with van der Waals surface area (Å²) in [5.74, 6) is 1.74. The fraction of sp³-hybridized carbons (Fsp3) is 0.889. The van der Waals surface area contributed by atoms with Crippen LogP contribution in [0.3, 0.4) is 0 Å². The van der Waals surface area contributed by atoms with Gasteiger partial charge in [-0.2, -0.15) is 0 Å². The number of amides is 1. The Kier molecular flexibility index (Phi) is 2.53. The van der Waals surface area contributed by atoms with Crippen molar-refractivity contribution in [1.82, 2.24) is 4.90 Å². The van der Waals surface area contributed by atoms with Gasteiger partial charge in [0.05, 0.1) is 0 Å². The molecule has 1 fully saturated rings. The highest BCUT2D eigenvalue weighted by Crippen LogP contribution is 2.22. The van der Waals surface area contributed by atoms with E-state index in [2.05, 4.69) is 13.8 Å². The van der Waals surface area contributed by atoms with E-state index in [1.54, 1.807) is 0 Å². The molecule has 0 aliphatic carbocycles. The molecule has 0 aromatic carbocycles. The molecular weight excluding hydrogens is 138 g/mol. The maximum absolute atomic E-state index is 11.1. The molecule has 0 aromatic rings. The highest BCUT2D eigenvalue weighted by molar-refractivity contribution is 5.76. The maximum Gasteiger partial charge on any atom is 0.222 e. The molecule has 0 radical (unpaired) electrons. The Bertz CT molecular complexity index is 154. The Hall–Kier alpha value is -0.530. The Balaban J connectivity index is 2.46. The first-order valence-electron chi connectivity index (χ1n) is 4.35. The van der Waals surface area contributed by atoms with Crippen molar-refractivity contribution in [3.05, 3.63) is 0 Å². The maximum atomic E-state index is 11.1. The lowest BCUT2D eigenvalue weighted by Crippen LogP contribution is -2.38. The average molecular weight is 155 g/mol. The van der Waals surface area contributed by atoms with Crippen LogP contribution in [0.1, 0.15) is 26.7 Å². The average Bonchev–Trinajstić information content (AvgIpc) is 1.94. The number of hydrogen-bond acceptors (Lipinski definition) is 1. The highest BCUT2D eigenvalue weighted by Gasteiger charge is 2.24. The van der Waals surface area contributed by atoms with Crippen LogP contribution in [0.15, 0.2) is 0 Å². The minimum atomic E-state index is 0.307. The lowest BCUT2D eigenvalue weighted by molar-refractivity contribution is -0.133. The van der Waals surface area contributed by atoms with Crippen LogP contribution >= 0.6 is 0 Å². The molecule has 0 spiro atoms. The van der Waals surface area contributed by atoms with Gasteiger partial charge in [0, 0.05) is 20.0 Å². The SMILES string of the molecule is CC(C)[C@@H]1CCC(=O)N(C)C1. The standard InChI is InChI=1S/C9H17NO/c1-7(2)8-4-5-9(11)10(3)6-8/h7-8H,4-6H2,1-3H3/t8-/m1/s1. The predicted molar refractivity (Wildman–Crippen MR) is 45.2 cm³/mol. The second-order valence-corrected chi connectivity index (χ2v) is 3.82. The van der Waals surface area contributed by atoms with Crippen molar-refractivity contribution >= 4 is 5.91 Å². The molecule has 11 heavy (non-hydrogen) atoms. The van der Waals surface area contributed by atoms with Crippen LogP contribution in [0.25, 0.3) is 0 Å². The van der Waals surface area contributed by atoms with Crippen molar-refractivity contribution in [2.24, 2.45) is 11.8 Å². The summed E-state index contributed by atoms with van der Waals surface area (Å²) in [7, 11) is 1.90. The normalized spacial score (nSPS) is 26.4. The molecule has 1 rings (SSSR count). The molecule has 1 aliphatic rings. The van der Waals surface area contributed by atoms with Crippen molar-refractivity contribution in [2.45, 2.75) is 26.7 Å². The smallest absolute Gasteiger partial charge is 0.222 e. The second kappa shape index (κ2) is 3.24. The summed E-state index contributed by atoms with van der Waals surface area (Å²) in [5, 5.41) is 0. The van der Waals surface area contributed by atoms with Crippen LogP contribution in [0.4, 0.5) is 0 Å². The van der Waals surface area contributed by atoms with Gasteiger partial charge < -0.3 is 4.90 Å². The first-order valence-corrected chi connectivity index (χ1v) is 4.35. The summed E-state index contributed by atoms with van der Waals surface area (Å²) in [6.45, 7) is 5.42. The monoisotopic (exact) mass is 155 g/mol. The first kappa shape index (κ1) is 8.57. The van der Waals surface area contributed by atoms with Crippen LogP contribution < -0.4 is 0 Å². The van der Waals surface area contributed by atoms with E-state index in [9.17, 15) is 4.79 Å². The Morgan fingerprint density at radius 3 is 2.64 bits per heavy atom. The van der Waals surface area contributed by atoms with E-state index in [-0.39, 0.29) is 0 Å². The van der Waals surface area contributed by atoms with Gasteiger partial charge in [-0.05, 0) is 18.3 Å². The fourth-order valence-electron chi connectivity index (χ4n) is 1.59. The number of rotatable bonds is 1. The molecule has 0 bridgehead atoms. The minimum absolute atomic E-state index is 0.307. The second-order valence-electron chi connectivity index (χ2n) is 3.82. The van der Waals surface area contributed by atoms with Crippen molar-refractivity contribution in [3.63, 3.8) is 0 Å². The molecule has 0 saturated carbocycles. The molecule has 2 nitrogen and oxygen atoms in total. The Labute approximate surface area is 68.6 Å². The number of likely N-dealkylation sites (tertiary alicyclic amines) is 1. The van der Waals surface area contributed by atoms with Gasteiger partial charge in [0.15, 0.2) is 0 Å². The summed E-state index contributed by atoms with van der Waals surface area (Å²) >= 11 is 0. The van der Waals surface area contributed by atoms with Gasteiger partial charge in [-0.1, -0.05) is 13.8 Å². The van der Waals surface area contributed by atoms with Crippen LogP contribution in [0, 0.1) is 11.8 Å². The summed E-state index contributed by atoms with van der Waals surface area (Å²) in [6, 6.07) is 0. The molecule has 2 heteroatoms. The summed E-state index contributed by atoms with van der Waals surface area (Å²) < 4.78 is 0. The number of carbonyl (C=O) groups is 1. The molecule has 0 aromatic heterocycles. The van der Waals surface area contributed by atoms with Gasteiger partial charge in [-0.25, -0.2) is 0 Å². The van der Waals surface area contributed by atoms with Gasteiger partial charge in [-0.3, -0.25) is 4.79 Å². The molecule has 1 atom stereocenters. The van der Waals surface area contributed by atoms with E-state index in [0.29, 0.717) is 11.8 Å². The van der Waals surface area contributed by atoms with E-state index >= 15 is 0 Å². The number of piperidine rings is 1. The van der Waals surface area contributed by atoms with E-state index in [1.807, 2.05) is 11.9 Å². The quantitative estimate of drug-likeness (QED) is 0.562. The predicted octanol–water partition coefficient (Wildman–Crippen LogP) is 1.51. The summed E-state index contributed by atoms with van der Waals surface area (Å²) in [4.78, 5) is 12.9. The Morgan fingerprint density at radius 1 is 1.55 bits per heavy atom. The molecule has 1 saturated heterocycles. The van der Waals surface area contributed by atoms with Crippen LogP contribution in [0.5, 0.6) is 0 Å². The van der Waals surface area contributed by atoms with Crippen LogP contribution in [-0.2, 0) is 4.79 Å². The third-order valence-corrected chi connectivity index (χ3v) is 2.61. The van der Waals surface area contributed by atoms with Crippen molar-refractivity contribution in [1.29, 1.82) is 0 Å². The van der Waals surface area contributed by atoms with Crippen LogP contribution in [-0.4, -0.2) is 24.4 Å². The van der Waals surface area contributed by atoms with E-state index in [0.717, 1.165) is 25.3 Å².